The zero-order valence-electron chi connectivity index (χ0n) is 18.4. The molecule has 7 nitrogen and oxygen atoms in total. The monoisotopic (exact) mass is 436 g/mol. The third-order valence-corrected chi connectivity index (χ3v) is 5.70. The van der Waals surface area contributed by atoms with Gasteiger partial charge < -0.3 is 24.1 Å². The highest BCUT2D eigenvalue weighted by Crippen LogP contribution is 2.33. The van der Waals surface area contributed by atoms with Crippen LogP contribution in [0.3, 0.4) is 0 Å². The van der Waals surface area contributed by atoms with Crippen molar-refractivity contribution < 1.29 is 23.5 Å². The molecule has 4 rings (SSSR count). The van der Waals surface area contributed by atoms with Crippen LogP contribution in [-0.4, -0.2) is 44.5 Å². The molecule has 1 aliphatic heterocycles. The largest absolute Gasteiger partial charge is 0.497 e. The Morgan fingerprint density at radius 3 is 2.38 bits per heavy atom. The summed E-state index contributed by atoms with van der Waals surface area (Å²) >= 11 is 0. The maximum Gasteiger partial charge on any atom is 0.257 e. The van der Waals surface area contributed by atoms with Crippen LogP contribution in [0.25, 0.3) is 22.6 Å². The van der Waals surface area contributed by atoms with E-state index in [2.05, 4.69) is 10.5 Å². The summed E-state index contributed by atoms with van der Waals surface area (Å²) in [5.74, 6) is 2.52. The number of methoxy groups -OCH3 is 1. The van der Waals surface area contributed by atoms with Crippen LogP contribution in [-0.2, 0) is 9.53 Å². The second-order valence-corrected chi connectivity index (χ2v) is 7.89. The van der Waals surface area contributed by atoms with Gasteiger partial charge >= 0.3 is 0 Å². The van der Waals surface area contributed by atoms with Gasteiger partial charge in [-0.1, -0.05) is 5.16 Å². The molecule has 0 unspecified atom stereocenters. The van der Waals surface area contributed by atoms with E-state index >= 15 is 0 Å². The lowest BCUT2D eigenvalue weighted by Crippen LogP contribution is -2.35. The normalized spacial score (nSPS) is 14.2. The number of benzene rings is 2. The Bertz CT molecular complexity index is 1020. The molecule has 1 aromatic heterocycles. The quantitative estimate of drug-likeness (QED) is 0.569. The van der Waals surface area contributed by atoms with Gasteiger partial charge in [0, 0.05) is 36.4 Å². The highest BCUT2D eigenvalue weighted by molar-refractivity contribution is 5.77. The first-order valence-electron chi connectivity index (χ1n) is 10.8. The molecule has 0 radical (unpaired) electrons. The van der Waals surface area contributed by atoms with Crippen molar-refractivity contribution in [2.24, 2.45) is 5.92 Å². The molecule has 7 heteroatoms. The fourth-order valence-electron chi connectivity index (χ4n) is 3.73. The van der Waals surface area contributed by atoms with Crippen LogP contribution >= 0.6 is 0 Å². The molecule has 3 aromatic rings. The summed E-state index contributed by atoms with van der Waals surface area (Å²) in [5, 5.41) is 7.20. The third-order valence-electron chi connectivity index (χ3n) is 5.70. The summed E-state index contributed by atoms with van der Waals surface area (Å²) in [6.45, 7) is 4.20. The molecular formula is C25H28N2O5. The second kappa shape index (κ2) is 10.3. The van der Waals surface area contributed by atoms with Gasteiger partial charge in [-0.15, -0.1) is 0 Å². The molecule has 0 bridgehead atoms. The maximum atomic E-state index is 12.1. The Labute approximate surface area is 187 Å². The number of aromatic nitrogens is 1. The van der Waals surface area contributed by atoms with Gasteiger partial charge in [0.2, 0.25) is 0 Å². The fourth-order valence-corrected chi connectivity index (χ4v) is 3.73. The molecule has 0 saturated carbocycles. The number of carbonyl (C=O) groups is 1. The van der Waals surface area contributed by atoms with Crippen molar-refractivity contribution in [3.8, 4) is 34.1 Å². The minimum absolute atomic E-state index is 0.00677. The zero-order valence-corrected chi connectivity index (χ0v) is 18.4. The lowest BCUT2D eigenvalue weighted by Gasteiger charge is -2.22. The van der Waals surface area contributed by atoms with E-state index < -0.39 is 0 Å². The summed E-state index contributed by atoms with van der Waals surface area (Å²) in [6, 6.07) is 15.2. The Morgan fingerprint density at radius 2 is 1.69 bits per heavy atom. The van der Waals surface area contributed by atoms with Gasteiger partial charge in [0.1, 0.15) is 17.2 Å². The van der Waals surface area contributed by atoms with Crippen LogP contribution < -0.4 is 14.8 Å². The predicted octanol–water partition coefficient (Wildman–Crippen LogP) is 4.25. The van der Waals surface area contributed by atoms with E-state index in [0.29, 0.717) is 18.2 Å². The molecule has 2 aromatic carbocycles. The van der Waals surface area contributed by atoms with Crippen molar-refractivity contribution in [3.05, 3.63) is 54.1 Å². The minimum Gasteiger partial charge on any atom is -0.497 e. The smallest absolute Gasteiger partial charge is 0.257 e. The van der Waals surface area contributed by atoms with Crippen molar-refractivity contribution in [3.63, 3.8) is 0 Å². The molecule has 1 N–H and O–H groups in total. The summed E-state index contributed by atoms with van der Waals surface area (Å²) in [6.07, 6.45) is 1.98. The lowest BCUT2D eigenvalue weighted by atomic mass is 10.0. The summed E-state index contributed by atoms with van der Waals surface area (Å²) in [4.78, 5) is 12.1. The van der Waals surface area contributed by atoms with Crippen molar-refractivity contribution in [1.29, 1.82) is 0 Å². The van der Waals surface area contributed by atoms with E-state index in [1.54, 1.807) is 7.11 Å². The number of hydrogen-bond acceptors (Lipinski definition) is 6. The Hall–Kier alpha value is -3.32. The standard InChI is InChI=1S/C25H28N2O5/c1-17-24(27-32-25(17)20-5-7-21(29-2)8-6-20)19-3-9-22(10-4-19)31-16-23(28)26-15-18-11-13-30-14-12-18/h3-10,18H,11-16H2,1-2H3,(H,26,28). The number of rotatable bonds is 8. The molecule has 1 saturated heterocycles. The van der Waals surface area contributed by atoms with Crippen LogP contribution in [0.15, 0.2) is 53.1 Å². The molecule has 1 amide bonds. The summed E-state index contributed by atoms with van der Waals surface area (Å²) in [5.41, 5.74) is 3.59. The predicted molar refractivity (Wildman–Crippen MR) is 121 cm³/mol. The SMILES string of the molecule is COc1ccc(-c2onc(-c3ccc(OCC(=O)NCC4CCOCC4)cc3)c2C)cc1. The van der Waals surface area contributed by atoms with Gasteiger partial charge in [0.15, 0.2) is 12.4 Å². The van der Waals surface area contributed by atoms with Crippen LogP contribution in [0.4, 0.5) is 0 Å². The van der Waals surface area contributed by atoms with Crippen molar-refractivity contribution in [2.45, 2.75) is 19.8 Å². The zero-order chi connectivity index (χ0) is 22.3. The molecule has 1 fully saturated rings. The highest BCUT2D eigenvalue weighted by atomic mass is 16.5. The number of ether oxygens (including phenoxy) is 3. The topological polar surface area (TPSA) is 82.8 Å². The fraction of sp³-hybridized carbons (Fsp3) is 0.360. The van der Waals surface area contributed by atoms with E-state index in [0.717, 1.165) is 59.9 Å². The van der Waals surface area contributed by atoms with Gasteiger partial charge in [-0.25, -0.2) is 0 Å². The lowest BCUT2D eigenvalue weighted by molar-refractivity contribution is -0.123. The first-order chi connectivity index (χ1) is 15.6. The summed E-state index contributed by atoms with van der Waals surface area (Å²) in [7, 11) is 1.64. The van der Waals surface area contributed by atoms with Gasteiger partial charge in [0.05, 0.1) is 7.11 Å². The first kappa shape index (κ1) is 21.9. The molecule has 0 spiro atoms. The molecule has 168 valence electrons. The number of nitrogens with zero attached hydrogens (tertiary/aromatic N) is 1. The Kier molecular flexibility index (Phi) is 7.07. The number of carbonyl (C=O) groups excluding carboxylic acids is 1. The van der Waals surface area contributed by atoms with Crippen molar-refractivity contribution >= 4 is 5.91 Å². The second-order valence-electron chi connectivity index (χ2n) is 7.89. The number of nitrogens with one attached hydrogen (secondary N) is 1. The van der Waals surface area contributed by atoms with Crippen molar-refractivity contribution in [2.75, 3.05) is 33.5 Å². The van der Waals surface area contributed by atoms with Gasteiger partial charge in [-0.3, -0.25) is 4.79 Å². The molecule has 2 heterocycles. The average molecular weight is 437 g/mol. The van der Waals surface area contributed by atoms with Crippen LogP contribution in [0.2, 0.25) is 0 Å². The minimum atomic E-state index is -0.114. The maximum absolute atomic E-state index is 12.1. The third kappa shape index (κ3) is 5.29. The van der Waals surface area contributed by atoms with Crippen LogP contribution in [0.5, 0.6) is 11.5 Å². The number of hydrogen-bond donors (Lipinski definition) is 1. The van der Waals surface area contributed by atoms with Crippen LogP contribution in [0, 0.1) is 12.8 Å². The van der Waals surface area contributed by atoms with Gasteiger partial charge in [-0.05, 0) is 74.2 Å². The summed E-state index contributed by atoms with van der Waals surface area (Å²) < 4.78 is 21.8. The first-order valence-corrected chi connectivity index (χ1v) is 10.8. The van der Waals surface area contributed by atoms with Crippen molar-refractivity contribution in [1.82, 2.24) is 10.5 Å². The Morgan fingerprint density at radius 1 is 1.03 bits per heavy atom. The van der Waals surface area contributed by atoms with Gasteiger partial charge in [0.25, 0.3) is 5.91 Å². The van der Waals surface area contributed by atoms with E-state index in [4.69, 9.17) is 18.7 Å². The molecule has 0 atom stereocenters. The van der Waals surface area contributed by atoms with Crippen LogP contribution in [0.1, 0.15) is 18.4 Å². The number of amides is 1. The van der Waals surface area contributed by atoms with E-state index in [1.165, 1.54) is 0 Å². The average Bonchev–Trinajstić information content (AvgIpc) is 3.23. The van der Waals surface area contributed by atoms with E-state index in [9.17, 15) is 4.79 Å². The van der Waals surface area contributed by atoms with E-state index in [1.807, 2.05) is 55.5 Å². The Balaban J connectivity index is 1.33. The van der Waals surface area contributed by atoms with Gasteiger partial charge in [-0.2, -0.15) is 0 Å². The molecule has 1 aliphatic rings. The molecule has 0 aliphatic carbocycles. The highest BCUT2D eigenvalue weighted by Gasteiger charge is 2.16. The molecular weight excluding hydrogens is 408 g/mol. The van der Waals surface area contributed by atoms with E-state index in [-0.39, 0.29) is 12.5 Å². The molecule has 32 heavy (non-hydrogen) atoms.